The van der Waals surface area contributed by atoms with E-state index in [1.54, 1.807) is 12.4 Å². The third-order valence-corrected chi connectivity index (χ3v) is 10.6. The highest BCUT2D eigenvalue weighted by Gasteiger charge is 2.64. The van der Waals surface area contributed by atoms with Crippen molar-refractivity contribution in [3.05, 3.63) is 89.2 Å². The van der Waals surface area contributed by atoms with E-state index in [0.29, 0.717) is 16.9 Å². The van der Waals surface area contributed by atoms with E-state index in [-0.39, 0.29) is 23.8 Å². The number of aromatic nitrogens is 3. The van der Waals surface area contributed by atoms with Crippen LogP contribution in [0.5, 0.6) is 11.5 Å². The average Bonchev–Trinajstić information content (AvgIpc) is 3.71. The van der Waals surface area contributed by atoms with Crippen LogP contribution in [-0.2, 0) is 23.6 Å². The number of phenolic OH excluding ortho intramolecular Hbond substituents is 1. The number of aliphatic hydroxyl groups excluding tert-OH is 1. The minimum absolute atomic E-state index is 0.0444. The van der Waals surface area contributed by atoms with Gasteiger partial charge in [0.1, 0.15) is 12.2 Å². The lowest BCUT2D eigenvalue weighted by Gasteiger charge is -2.56. The number of rotatable bonds is 5. The van der Waals surface area contributed by atoms with Gasteiger partial charge in [-0.15, -0.1) is 0 Å². The van der Waals surface area contributed by atoms with Crippen LogP contribution in [-0.4, -0.2) is 73.0 Å². The largest absolute Gasteiger partial charge is 0.504 e. The minimum Gasteiger partial charge on any atom is -0.504 e. The van der Waals surface area contributed by atoms with Crippen molar-refractivity contribution in [1.82, 2.24) is 18.9 Å². The maximum Gasteiger partial charge on any atom is 0.338 e. The summed E-state index contributed by atoms with van der Waals surface area (Å²) in [6.45, 7) is 11.1. The second-order valence-electron chi connectivity index (χ2n) is 13.5. The Morgan fingerprint density at radius 2 is 1.98 bits per heavy atom. The number of hydrogen-bond donors (Lipinski definition) is 2. The second-order valence-corrected chi connectivity index (χ2v) is 13.5. The molecule has 8 rings (SSSR count). The molecule has 0 amide bonds. The maximum atomic E-state index is 13.4. The molecule has 2 aliphatic carbocycles. The average molecular weight is 607 g/mol. The summed E-state index contributed by atoms with van der Waals surface area (Å²) in [5.41, 5.74) is 7.69. The van der Waals surface area contributed by atoms with Crippen LogP contribution in [0.2, 0.25) is 0 Å². The molecule has 232 valence electrons. The fourth-order valence-electron chi connectivity index (χ4n) is 8.63. The molecule has 1 saturated heterocycles. The molecule has 2 N–H and O–H groups in total. The van der Waals surface area contributed by atoms with Crippen molar-refractivity contribution in [2.75, 3.05) is 13.6 Å². The molecule has 3 aromatic heterocycles. The van der Waals surface area contributed by atoms with Gasteiger partial charge in [0.15, 0.2) is 11.5 Å². The third kappa shape index (κ3) is 3.80. The van der Waals surface area contributed by atoms with Gasteiger partial charge in [-0.05, 0) is 87.7 Å². The number of pyridine rings is 1. The number of ether oxygens (including phenoxy) is 2. The highest BCUT2D eigenvalue weighted by molar-refractivity contribution is 5.96. The standard InChI is InChI=1S/C36H38N4O5/c1-18(2)44-35(43)24-12-22-11-21(27-16-38(5)17-37-27)15-40(22)32(20(24)4)19(3)23-14-30(42)33-31-25(23)13-28-26-7-8-29(41)34(45-33)36(26,31)9-10-39(28)6/h7-8,11-12,14-18,26,28-29,34,41-42H,3,9-10,13H2,1-2,4-6H3/t26-,28+,29-,34-,36-/m0/s1. The van der Waals surface area contributed by atoms with Gasteiger partial charge in [0, 0.05) is 53.5 Å². The number of aryl methyl sites for hydroxylation is 1. The quantitative estimate of drug-likeness (QED) is 0.249. The molecule has 5 heterocycles. The first-order chi connectivity index (χ1) is 21.5. The Morgan fingerprint density at radius 3 is 2.71 bits per heavy atom. The second kappa shape index (κ2) is 9.58. The minimum atomic E-state index is -0.759. The molecule has 0 unspecified atom stereocenters. The molecule has 1 aromatic carbocycles. The van der Waals surface area contributed by atoms with Gasteiger partial charge in [-0.25, -0.2) is 9.78 Å². The van der Waals surface area contributed by atoms with Crippen LogP contribution in [0.4, 0.5) is 0 Å². The van der Waals surface area contributed by atoms with Crippen molar-refractivity contribution in [3.63, 3.8) is 0 Å². The van der Waals surface area contributed by atoms with Crippen LogP contribution in [0.25, 0.3) is 22.3 Å². The van der Waals surface area contributed by atoms with Crippen molar-refractivity contribution in [2.24, 2.45) is 13.0 Å². The number of aliphatic hydroxyl groups is 1. The molecule has 4 aliphatic rings. The summed E-state index contributed by atoms with van der Waals surface area (Å²) in [7, 11) is 4.10. The monoisotopic (exact) mass is 606 g/mol. The van der Waals surface area contributed by atoms with Gasteiger partial charge in [0.25, 0.3) is 0 Å². The molecule has 1 fully saturated rings. The van der Waals surface area contributed by atoms with Gasteiger partial charge in [0.05, 0.1) is 29.4 Å². The molecule has 9 nitrogen and oxygen atoms in total. The SMILES string of the molecule is C=C(c1cc(O)c2c3c1C[C@@H]1[C@@H]4C=C[C@H](O)[C@H](O2)[C@]34CCN1C)c1c(C)c(C(=O)OC(C)C)cc2cc(-c3cn(C)cn3)cn12. The smallest absolute Gasteiger partial charge is 0.338 e. The number of carbonyl (C=O) groups is 1. The Hall–Kier alpha value is -4.34. The van der Waals surface area contributed by atoms with Crippen molar-refractivity contribution >= 4 is 17.1 Å². The number of esters is 1. The highest BCUT2D eigenvalue weighted by atomic mass is 16.5. The number of likely N-dealkylation sites (N-methyl/N-ethyl adjacent to an activating group) is 1. The zero-order chi connectivity index (χ0) is 31.5. The summed E-state index contributed by atoms with van der Waals surface area (Å²) in [4.78, 5) is 20.4. The van der Waals surface area contributed by atoms with Crippen LogP contribution in [0.3, 0.4) is 0 Å². The summed E-state index contributed by atoms with van der Waals surface area (Å²) < 4.78 is 16.1. The number of aromatic hydroxyl groups is 1. The number of nitrogens with zero attached hydrogens (tertiary/aromatic N) is 4. The van der Waals surface area contributed by atoms with Crippen LogP contribution < -0.4 is 4.74 Å². The summed E-state index contributed by atoms with van der Waals surface area (Å²) in [5.74, 6) is 0.295. The van der Waals surface area contributed by atoms with Crippen molar-refractivity contribution in [2.45, 2.75) is 63.4 Å². The fourth-order valence-corrected chi connectivity index (χ4v) is 8.63. The van der Waals surface area contributed by atoms with Gasteiger partial charge in [0.2, 0.25) is 0 Å². The summed E-state index contributed by atoms with van der Waals surface area (Å²) >= 11 is 0. The van der Waals surface area contributed by atoms with E-state index >= 15 is 0 Å². The number of benzene rings is 1. The maximum absolute atomic E-state index is 13.4. The van der Waals surface area contributed by atoms with Crippen molar-refractivity contribution in [1.29, 1.82) is 0 Å². The topological polar surface area (TPSA) is 101 Å². The number of carbonyl (C=O) groups excluding carboxylic acids is 1. The van der Waals surface area contributed by atoms with E-state index in [1.165, 1.54) is 0 Å². The molecule has 0 radical (unpaired) electrons. The zero-order valence-electron chi connectivity index (χ0n) is 26.2. The van der Waals surface area contributed by atoms with Crippen LogP contribution >= 0.6 is 0 Å². The van der Waals surface area contributed by atoms with Crippen molar-refractivity contribution in [3.8, 4) is 22.8 Å². The molecular weight excluding hydrogens is 568 g/mol. The van der Waals surface area contributed by atoms with E-state index in [9.17, 15) is 15.0 Å². The van der Waals surface area contributed by atoms with Crippen LogP contribution in [0.1, 0.15) is 58.6 Å². The predicted octanol–water partition coefficient (Wildman–Crippen LogP) is 4.79. The Labute approximate surface area is 262 Å². The fraction of sp³-hybridized carbons (Fsp3) is 0.389. The summed E-state index contributed by atoms with van der Waals surface area (Å²) in [6.07, 6.45) is 9.85. The Balaban J connectivity index is 1.36. The molecule has 1 spiro atoms. The highest BCUT2D eigenvalue weighted by Crippen LogP contribution is 2.63. The number of phenols is 1. The van der Waals surface area contributed by atoms with Crippen LogP contribution in [0.15, 0.2) is 55.7 Å². The Morgan fingerprint density at radius 1 is 1.18 bits per heavy atom. The Bertz CT molecular complexity index is 1970. The zero-order valence-corrected chi connectivity index (χ0v) is 26.2. The number of piperidine rings is 1. The van der Waals surface area contributed by atoms with E-state index in [1.807, 2.05) is 63.0 Å². The number of fused-ring (bicyclic) bond motifs is 1. The van der Waals surface area contributed by atoms with Crippen molar-refractivity contribution < 1.29 is 24.5 Å². The molecule has 0 saturated carbocycles. The van der Waals surface area contributed by atoms with Gasteiger partial charge in [-0.3, -0.25) is 0 Å². The van der Waals surface area contributed by atoms with Gasteiger partial charge in [-0.2, -0.15) is 0 Å². The van der Waals surface area contributed by atoms with E-state index in [2.05, 4.69) is 34.0 Å². The molecule has 2 aliphatic heterocycles. The van der Waals surface area contributed by atoms with E-state index in [4.69, 9.17) is 9.47 Å². The van der Waals surface area contributed by atoms with E-state index in [0.717, 1.165) is 64.1 Å². The molecule has 5 atom stereocenters. The number of likely N-dealkylation sites (tertiary alicyclic amines) is 1. The molecule has 4 aromatic rings. The molecular formula is C36H38N4O5. The van der Waals surface area contributed by atoms with Gasteiger partial charge >= 0.3 is 5.97 Å². The first-order valence-electron chi connectivity index (χ1n) is 15.7. The molecule has 45 heavy (non-hydrogen) atoms. The molecule has 9 heteroatoms. The summed E-state index contributed by atoms with van der Waals surface area (Å²) in [5, 5.41) is 22.7. The third-order valence-electron chi connectivity index (χ3n) is 10.6. The lowest BCUT2D eigenvalue weighted by atomic mass is 9.53. The van der Waals surface area contributed by atoms with Gasteiger partial charge < -0.3 is 33.6 Å². The first-order valence-corrected chi connectivity index (χ1v) is 15.7. The predicted molar refractivity (Wildman–Crippen MR) is 171 cm³/mol. The number of hydrogen-bond acceptors (Lipinski definition) is 7. The van der Waals surface area contributed by atoms with Crippen LogP contribution in [0, 0.1) is 12.8 Å². The van der Waals surface area contributed by atoms with Gasteiger partial charge in [-0.1, -0.05) is 18.7 Å². The first kappa shape index (κ1) is 28.2. The lowest BCUT2D eigenvalue weighted by molar-refractivity contribution is -0.0453. The summed E-state index contributed by atoms with van der Waals surface area (Å²) in [6, 6.07) is 5.85. The van der Waals surface area contributed by atoms with E-state index < -0.39 is 23.6 Å². The normalized spacial score (nSPS) is 26.3. The lowest BCUT2D eigenvalue weighted by Crippen LogP contribution is -2.64. The number of imidazole rings is 1. The molecule has 2 bridgehead atoms. The Kier molecular flexibility index (Phi) is 5.99.